The van der Waals surface area contributed by atoms with E-state index in [2.05, 4.69) is 5.32 Å². The van der Waals surface area contributed by atoms with Gasteiger partial charge in [-0.25, -0.2) is 4.39 Å². The summed E-state index contributed by atoms with van der Waals surface area (Å²) in [5.74, 6) is -0.877. The number of hydrogen-bond donors (Lipinski definition) is 1. The Bertz CT molecular complexity index is 810. The smallest absolute Gasteiger partial charge is 0.225 e. The van der Waals surface area contributed by atoms with Gasteiger partial charge in [0.25, 0.3) is 0 Å². The number of rotatable bonds is 5. The van der Waals surface area contributed by atoms with Gasteiger partial charge in [0.2, 0.25) is 11.8 Å². The minimum Gasteiger partial charge on any atom is -0.352 e. The molecule has 0 radical (unpaired) electrons. The van der Waals surface area contributed by atoms with Crippen molar-refractivity contribution in [3.63, 3.8) is 0 Å². The Morgan fingerprint density at radius 1 is 1.27 bits per heavy atom. The fourth-order valence-corrected chi connectivity index (χ4v) is 3.10. The number of carbonyl (C=O) groups excluding carboxylic acids is 2. The number of nitrogens with one attached hydrogen (secondary N) is 1. The number of hydrogen-bond acceptors (Lipinski definition) is 3. The van der Waals surface area contributed by atoms with Gasteiger partial charge in [-0.1, -0.05) is 24.3 Å². The maximum Gasteiger partial charge on any atom is 0.225 e. The summed E-state index contributed by atoms with van der Waals surface area (Å²) in [6, 6.07) is 14.5. The molecule has 5 nitrogen and oxygen atoms in total. The zero-order chi connectivity index (χ0) is 18.7. The van der Waals surface area contributed by atoms with Crippen LogP contribution in [0.3, 0.4) is 0 Å². The summed E-state index contributed by atoms with van der Waals surface area (Å²) in [5.41, 5.74) is 2.04. The number of benzene rings is 2. The number of amides is 2. The third-order valence-corrected chi connectivity index (χ3v) is 4.70. The fourth-order valence-electron chi connectivity index (χ4n) is 3.10. The minimum atomic E-state index is -0.348. The van der Waals surface area contributed by atoms with Crippen LogP contribution in [0, 0.1) is 11.7 Å². The molecule has 1 fully saturated rings. The van der Waals surface area contributed by atoms with Crippen LogP contribution in [0.1, 0.15) is 12.0 Å². The van der Waals surface area contributed by atoms with Gasteiger partial charge in [-0.3, -0.25) is 9.59 Å². The summed E-state index contributed by atoms with van der Waals surface area (Å²) in [6.07, 6.45) is 0.234. The third kappa shape index (κ3) is 3.85. The van der Waals surface area contributed by atoms with Crippen LogP contribution in [0.2, 0.25) is 0 Å². The summed E-state index contributed by atoms with van der Waals surface area (Å²) in [4.78, 5) is 27.0. The van der Waals surface area contributed by atoms with Gasteiger partial charge in [-0.2, -0.15) is 0 Å². The molecule has 3 rings (SSSR count). The lowest BCUT2D eigenvalue weighted by Crippen LogP contribution is -2.31. The Morgan fingerprint density at radius 3 is 2.62 bits per heavy atom. The van der Waals surface area contributed by atoms with Crippen LogP contribution in [0.15, 0.2) is 48.5 Å². The lowest BCUT2D eigenvalue weighted by molar-refractivity contribution is -0.128. The molecular formula is C20H22FN3O2. The second kappa shape index (κ2) is 7.56. The van der Waals surface area contributed by atoms with Gasteiger partial charge in [0.05, 0.1) is 11.6 Å². The molecule has 6 heteroatoms. The van der Waals surface area contributed by atoms with Crippen molar-refractivity contribution >= 4 is 23.2 Å². The Hall–Kier alpha value is -2.89. The lowest BCUT2D eigenvalue weighted by atomic mass is 10.1. The number of likely N-dealkylation sites (tertiary alicyclic amines) is 1. The van der Waals surface area contributed by atoms with Gasteiger partial charge >= 0.3 is 0 Å². The number of halogens is 1. The van der Waals surface area contributed by atoms with Crippen molar-refractivity contribution in [1.29, 1.82) is 0 Å². The van der Waals surface area contributed by atoms with Crippen LogP contribution in [-0.4, -0.2) is 37.4 Å². The molecule has 0 aliphatic carbocycles. The van der Waals surface area contributed by atoms with Crippen LogP contribution in [0.5, 0.6) is 0 Å². The van der Waals surface area contributed by atoms with E-state index < -0.39 is 0 Å². The van der Waals surface area contributed by atoms with E-state index >= 15 is 0 Å². The van der Waals surface area contributed by atoms with E-state index in [0.29, 0.717) is 17.8 Å². The highest BCUT2D eigenvalue weighted by Gasteiger charge is 2.31. The van der Waals surface area contributed by atoms with Gasteiger partial charge in [-0.15, -0.1) is 0 Å². The maximum absolute atomic E-state index is 14.5. The molecule has 136 valence electrons. The molecule has 1 atom stereocenters. The molecule has 1 heterocycles. The van der Waals surface area contributed by atoms with E-state index in [4.69, 9.17) is 0 Å². The van der Waals surface area contributed by atoms with Gasteiger partial charge in [0.15, 0.2) is 0 Å². The first-order chi connectivity index (χ1) is 12.5. The molecule has 26 heavy (non-hydrogen) atoms. The van der Waals surface area contributed by atoms with Gasteiger partial charge in [0.1, 0.15) is 5.82 Å². The van der Waals surface area contributed by atoms with Crippen LogP contribution in [0.25, 0.3) is 0 Å². The van der Waals surface area contributed by atoms with E-state index in [1.165, 1.54) is 6.07 Å². The molecule has 2 amide bonds. The summed E-state index contributed by atoms with van der Waals surface area (Å²) >= 11 is 0. The van der Waals surface area contributed by atoms with E-state index in [0.717, 1.165) is 5.69 Å². The lowest BCUT2D eigenvalue weighted by Gasteiger charge is -2.20. The Balaban J connectivity index is 1.63. The Labute approximate surface area is 152 Å². The van der Waals surface area contributed by atoms with Gasteiger partial charge in [0, 0.05) is 39.3 Å². The number of anilines is 2. The van der Waals surface area contributed by atoms with Gasteiger partial charge in [-0.05, 0) is 29.8 Å². The molecular weight excluding hydrogens is 333 g/mol. The molecule has 2 aromatic carbocycles. The zero-order valence-electron chi connectivity index (χ0n) is 14.9. The van der Waals surface area contributed by atoms with Crippen molar-refractivity contribution in [2.45, 2.75) is 13.0 Å². The fraction of sp³-hybridized carbons (Fsp3) is 0.300. The van der Waals surface area contributed by atoms with Crippen LogP contribution < -0.4 is 10.2 Å². The first-order valence-electron chi connectivity index (χ1n) is 8.54. The molecule has 1 saturated heterocycles. The topological polar surface area (TPSA) is 52.7 Å². The van der Waals surface area contributed by atoms with Crippen LogP contribution in [0.4, 0.5) is 15.8 Å². The molecule has 2 aromatic rings. The molecule has 0 bridgehead atoms. The predicted octanol–water partition coefficient (Wildman–Crippen LogP) is 2.69. The van der Waals surface area contributed by atoms with Crippen molar-refractivity contribution in [3.05, 3.63) is 59.9 Å². The van der Waals surface area contributed by atoms with Crippen LogP contribution in [-0.2, 0) is 16.1 Å². The second-order valence-electron chi connectivity index (χ2n) is 6.57. The molecule has 1 aliphatic heterocycles. The number of para-hydroxylation sites is 1. The van der Waals surface area contributed by atoms with Gasteiger partial charge < -0.3 is 15.1 Å². The zero-order valence-corrected chi connectivity index (χ0v) is 14.9. The third-order valence-electron chi connectivity index (χ3n) is 4.70. The molecule has 1 N–H and O–H groups in total. The largest absolute Gasteiger partial charge is 0.352 e. The normalized spacial score (nSPS) is 16.7. The van der Waals surface area contributed by atoms with E-state index in [1.807, 2.05) is 37.4 Å². The quantitative estimate of drug-likeness (QED) is 0.897. The van der Waals surface area contributed by atoms with Crippen molar-refractivity contribution < 1.29 is 14.0 Å². The Kier molecular flexibility index (Phi) is 5.21. The highest BCUT2D eigenvalue weighted by Crippen LogP contribution is 2.26. The van der Waals surface area contributed by atoms with E-state index in [9.17, 15) is 14.0 Å². The number of nitrogens with zero attached hydrogens (tertiary/aromatic N) is 2. The monoisotopic (exact) mass is 355 g/mol. The highest BCUT2D eigenvalue weighted by molar-refractivity contribution is 5.89. The standard InChI is InChI=1S/C20H22FN3O2/c1-23-13-15(11-19(23)25)20(26)22-12-14-8-9-18(17(21)10-14)24(2)16-6-4-3-5-7-16/h3-10,15H,11-13H2,1-2H3,(H,22,26)/t15-/m0/s1. The van der Waals surface area contributed by atoms with Crippen molar-refractivity contribution in [1.82, 2.24) is 10.2 Å². The Morgan fingerprint density at radius 2 is 2.00 bits per heavy atom. The summed E-state index contributed by atoms with van der Waals surface area (Å²) in [6.45, 7) is 0.666. The number of carbonyl (C=O) groups is 2. The average Bonchev–Trinajstić information content (AvgIpc) is 2.99. The first kappa shape index (κ1) is 17.9. The van der Waals surface area contributed by atoms with Crippen molar-refractivity contribution in [2.24, 2.45) is 5.92 Å². The SMILES string of the molecule is CN1C[C@@H](C(=O)NCc2ccc(N(C)c3ccccc3)c(F)c2)CC1=O. The van der Waals surface area contributed by atoms with E-state index in [1.54, 1.807) is 29.0 Å². The average molecular weight is 355 g/mol. The highest BCUT2D eigenvalue weighted by atomic mass is 19.1. The summed E-state index contributed by atoms with van der Waals surface area (Å²) in [5, 5.41) is 2.79. The van der Waals surface area contributed by atoms with Crippen molar-refractivity contribution in [2.75, 3.05) is 25.5 Å². The maximum atomic E-state index is 14.5. The van der Waals surface area contributed by atoms with E-state index in [-0.39, 0.29) is 36.5 Å². The summed E-state index contributed by atoms with van der Waals surface area (Å²) in [7, 11) is 3.50. The second-order valence-corrected chi connectivity index (χ2v) is 6.57. The molecule has 0 unspecified atom stereocenters. The van der Waals surface area contributed by atoms with Crippen molar-refractivity contribution in [3.8, 4) is 0 Å². The molecule has 0 spiro atoms. The molecule has 0 saturated carbocycles. The predicted molar refractivity (Wildman–Crippen MR) is 98.5 cm³/mol. The minimum absolute atomic E-state index is 0.0236. The molecule has 1 aliphatic rings. The first-order valence-corrected chi connectivity index (χ1v) is 8.54. The molecule has 0 aromatic heterocycles. The summed E-state index contributed by atoms with van der Waals surface area (Å²) < 4.78 is 14.5. The van der Waals surface area contributed by atoms with Crippen LogP contribution >= 0.6 is 0 Å².